The van der Waals surface area contributed by atoms with Crippen LogP contribution in [0.4, 0.5) is 5.00 Å². The van der Waals surface area contributed by atoms with Crippen LogP contribution in [0.5, 0.6) is 0 Å². The van der Waals surface area contributed by atoms with Crippen molar-refractivity contribution in [2.24, 2.45) is 0 Å². The second-order valence-corrected chi connectivity index (χ2v) is 10.5. The molecule has 11 heteroatoms. The van der Waals surface area contributed by atoms with Gasteiger partial charge in [-0.2, -0.15) is 0 Å². The number of nitrogens with one attached hydrogen (secondary N) is 1. The van der Waals surface area contributed by atoms with Gasteiger partial charge >= 0.3 is 5.97 Å². The van der Waals surface area contributed by atoms with Crippen molar-refractivity contribution in [2.75, 3.05) is 17.7 Å². The molecular formula is C23H24Cl2N4O3S2. The topological polar surface area (TPSA) is 86.1 Å². The number of aromatic nitrogens is 3. The first-order chi connectivity index (χ1) is 16.4. The van der Waals surface area contributed by atoms with E-state index in [2.05, 4.69) is 15.5 Å². The van der Waals surface area contributed by atoms with E-state index < -0.39 is 0 Å². The van der Waals surface area contributed by atoms with E-state index in [-0.39, 0.29) is 17.6 Å². The molecule has 1 N–H and O–H groups in total. The van der Waals surface area contributed by atoms with E-state index >= 15 is 0 Å². The first-order valence-electron chi connectivity index (χ1n) is 11.1. The van der Waals surface area contributed by atoms with Crippen LogP contribution in [0.2, 0.25) is 10.0 Å². The Balaban J connectivity index is 1.49. The van der Waals surface area contributed by atoms with Gasteiger partial charge in [0, 0.05) is 17.0 Å². The van der Waals surface area contributed by atoms with Crippen molar-refractivity contribution in [3.05, 3.63) is 44.2 Å². The number of fused-ring (bicyclic) bond motifs is 1. The number of nitrogens with zero attached hydrogens (tertiary/aromatic N) is 3. The van der Waals surface area contributed by atoms with E-state index in [4.69, 9.17) is 27.9 Å². The normalized spacial score (nSPS) is 12.9. The van der Waals surface area contributed by atoms with Crippen LogP contribution >= 0.6 is 46.3 Å². The summed E-state index contributed by atoms with van der Waals surface area (Å²) >= 11 is 15.0. The highest BCUT2D eigenvalue weighted by Gasteiger charge is 2.27. The molecule has 0 unspecified atom stereocenters. The minimum atomic E-state index is -0.373. The number of ether oxygens (including phenoxy) is 1. The average Bonchev–Trinajstić information content (AvgIpc) is 3.40. The van der Waals surface area contributed by atoms with Gasteiger partial charge in [0.05, 0.1) is 28.0 Å². The Morgan fingerprint density at radius 3 is 2.71 bits per heavy atom. The molecule has 1 aliphatic carbocycles. The molecule has 0 aliphatic heterocycles. The van der Waals surface area contributed by atoms with Gasteiger partial charge in [-0.05, 0) is 63.3 Å². The predicted molar refractivity (Wildman–Crippen MR) is 137 cm³/mol. The minimum absolute atomic E-state index is 0.129. The number of benzene rings is 1. The summed E-state index contributed by atoms with van der Waals surface area (Å²) in [7, 11) is 0. The first kappa shape index (κ1) is 25.0. The summed E-state index contributed by atoms with van der Waals surface area (Å²) in [4.78, 5) is 26.6. The number of carbonyl (C=O) groups is 2. The minimum Gasteiger partial charge on any atom is -0.462 e. The van der Waals surface area contributed by atoms with Gasteiger partial charge in [0.1, 0.15) is 5.00 Å². The number of carbonyl (C=O) groups excluding carboxylic acids is 2. The van der Waals surface area contributed by atoms with Gasteiger partial charge in [0.2, 0.25) is 5.91 Å². The second kappa shape index (κ2) is 11.1. The molecule has 0 bridgehead atoms. The highest BCUT2D eigenvalue weighted by atomic mass is 35.5. The second-order valence-electron chi connectivity index (χ2n) is 7.65. The highest BCUT2D eigenvalue weighted by molar-refractivity contribution is 7.99. The molecule has 34 heavy (non-hydrogen) atoms. The largest absolute Gasteiger partial charge is 0.462 e. The van der Waals surface area contributed by atoms with Crippen LogP contribution in [0.3, 0.4) is 0 Å². The molecule has 2 aromatic heterocycles. The summed E-state index contributed by atoms with van der Waals surface area (Å²) in [5, 5.41) is 13.6. The molecule has 0 atom stereocenters. The zero-order valence-corrected chi connectivity index (χ0v) is 22.0. The number of amides is 1. The SMILES string of the molecule is CCOC(=O)c1c(NC(=O)CSc2nnc(-c3ccc(Cl)c(Cl)c3)n2CC)sc2c1CCCC2. The van der Waals surface area contributed by atoms with Crippen LogP contribution < -0.4 is 5.32 Å². The van der Waals surface area contributed by atoms with Crippen LogP contribution in [0.25, 0.3) is 11.4 Å². The maximum atomic E-state index is 12.8. The highest BCUT2D eigenvalue weighted by Crippen LogP contribution is 2.39. The third kappa shape index (κ3) is 5.27. The fraction of sp³-hybridized carbons (Fsp3) is 0.391. The Kier molecular flexibility index (Phi) is 8.18. The first-order valence-corrected chi connectivity index (χ1v) is 13.6. The lowest BCUT2D eigenvalue weighted by Gasteiger charge is -2.12. The van der Waals surface area contributed by atoms with Crippen molar-refractivity contribution >= 4 is 63.2 Å². The summed E-state index contributed by atoms with van der Waals surface area (Å²) in [5.74, 6) is 0.196. The van der Waals surface area contributed by atoms with Gasteiger partial charge in [-0.3, -0.25) is 4.79 Å². The van der Waals surface area contributed by atoms with Gasteiger partial charge < -0.3 is 14.6 Å². The van der Waals surface area contributed by atoms with Crippen LogP contribution in [0, 0.1) is 0 Å². The van der Waals surface area contributed by atoms with Crippen LogP contribution in [0.1, 0.15) is 47.5 Å². The fourth-order valence-corrected chi connectivity index (χ4v) is 6.29. The van der Waals surface area contributed by atoms with Crippen LogP contribution in [-0.2, 0) is 28.9 Å². The lowest BCUT2D eigenvalue weighted by atomic mass is 9.95. The summed E-state index contributed by atoms with van der Waals surface area (Å²) < 4.78 is 7.19. The number of esters is 1. The van der Waals surface area contributed by atoms with E-state index in [0.717, 1.165) is 41.7 Å². The van der Waals surface area contributed by atoms with Crippen molar-refractivity contribution < 1.29 is 14.3 Å². The summed E-state index contributed by atoms with van der Waals surface area (Å²) in [5.41, 5.74) is 2.33. The number of hydrogen-bond donors (Lipinski definition) is 1. The summed E-state index contributed by atoms with van der Waals surface area (Å²) in [6.07, 6.45) is 3.88. The van der Waals surface area contributed by atoms with Crippen molar-refractivity contribution in [3.63, 3.8) is 0 Å². The molecule has 0 saturated heterocycles. The molecule has 7 nitrogen and oxygen atoms in total. The van der Waals surface area contributed by atoms with E-state index in [9.17, 15) is 9.59 Å². The third-order valence-electron chi connectivity index (χ3n) is 5.45. The fourth-order valence-electron chi connectivity index (χ4n) is 3.90. The quantitative estimate of drug-likeness (QED) is 0.274. The van der Waals surface area contributed by atoms with Gasteiger partial charge in [0.25, 0.3) is 0 Å². The number of thioether (sulfide) groups is 1. The monoisotopic (exact) mass is 538 g/mol. The molecule has 0 saturated carbocycles. The number of anilines is 1. The van der Waals surface area contributed by atoms with E-state index in [1.54, 1.807) is 19.1 Å². The maximum Gasteiger partial charge on any atom is 0.341 e. The molecule has 0 radical (unpaired) electrons. The van der Waals surface area contributed by atoms with Gasteiger partial charge in [-0.15, -0.1) is 21.5 Å². The Morgan fingerprint density at radius 2 is 1.97 bits per heavy atom. The van der Waals surface area contributed by atoms with E-state index in [1.807, 2.05) is 17.6 Å². The van der Waals surface area contributed by atoms with Gasteiger partial charge in [-0.1, -0.05) is 35.0 Å². The maximum absolute atomic E-state index is 12.8. The smallest absolute Gasteiger partial charge is 0.341 e. The molecule has 1 amide bonds. The zero-order valence-electron chi connectivity index (χ0n) is 18.8. The Labute approximate surface area is 216 Å². The molecule has 4 rings (SSSR count). The Hall–Kier alpha value is -2.07. The van der Waals surface area contributed by atoms with Crippen molar-refractivity contribution in [2.45, 2.75) is 51.2 Å². The average molecular weight is 540 g/mol. The van der Waals surface area contributed by atoms with E-state index in [1.165, 1.54) is 23.1 Å². The van der Waals surface area contributed by atoms with Crippen molar-refractivity contribution in [1.29, 1.82) is 0 Å². The summed E-state index contributed by atoms with van der Waals surface area (Å²) in [6.45, 7) is 4.68. The Bertz CT molecular complexity index is 1230. The molecule has 0 fully saturated rings. The number of rotatable bonds is 8. The lowest BCUT2D eigenvalue weighted by molar-refractivity contribution is -0.113. The number of thiophene rings is 1. The number of aryl methyl sites for hydroxylation is 1. The predicted octanol–water partition coefficient (Wildman–Crippen LogP) is 6.12. The third-order valence-corrected chi connectivity index (χ3v) is 8.36. The molecule has 2 heterocycles. The molecule has 0 spiro atoms. The lowest BCUT2D eigenvalue weighted by Crippen LogP contribution is -2.17. The molecule has 1 aromatic carbocycles. The Morgan fingerprint density at radius 1 is 1.18 bits per heavy atom. The standard InChI is InChI=1S/C23H24Cl2N4O3S2/c1-3-29-20(13-9-10-15(24)16(25)11-13)27-28-23(29)33-12-18(30)26-21-19(22(31)32-4-2)14-7-5-6-8-17(14)34-21/h9-11H,3-8,12H2,1-2H3,(H,26,30). The molecular weight excluding hydrogens is 515 g/mol. The van der Waals surface area contributed by atoms with Gasteiger partial charge in [0.15, 0.2) is 11.0 Å². The van der Waals surface area contributed by atoms with Crippen molar-refractivity contribution in [1.82, 2.24) is 14.8 Å². The number of hydrogen-bond acceptors (Lipinski definition) is 7. The van der Waals surface area contributed by atoms with Crippen molar-refractivity contribution in [3.8, 4) is 11.4 Å². The zero-order chi connectivity index (χ0) is 24.2. The molecule has 180 valence electrons. The number of halogens is 2. The van der Waals surface area contributed by atoms with Crippen LogP contribution in [-0.4, -0.2) is 39.0 Å². The summed E-state index contributed by atoms with van der Waals surface area (Å²) in [6, 6.07) is 5.30. The molecule has 3 aromatic rings. The van der Waals surface area contributed by atoms with Crippen LogP contribution in [0.15, 0.2) is 23.4 Å². The van der Waals surface area contributed by atoms with Gasteiger partial charge in [-0.25, -0.2) is 4.79 Å². The van der Waals surface area contributed by atoms with E-state index in [0.29, 0.717) is 44.7 Å². The molecule has 1 aliphatic rings.